The first-order valence-electron chi connectivity index (χ1n) is 2.93. The van der Waals surface area contributed by atoms with Crippen LogP contribution in [0.5, 0.6) is 0 Å². The van der Waals surface area contributed by atoms with E-state index < -0.39 is 0 Å². The fourth-order valence-electron chi connectivity index (χ4n) is 0.450. The lowest BCUT2D eigenvalue weighted by atomic mass is 10.2. The molecule has 0 rings (SSSR count). The molecule has 0 aromatic rings. The topological polar surface area (TPSA) is 0 Å². The molecular weight excluding hydrogens is 136 g/mol. The molecule has 0 fully saturated rings. The number of hydrogen-bond acceptors (Lipinski definition) is 0. The summed E-state index contributed by atoms with van der Waals surface area (Å²) in [5.41, 5.74) is 2.03. The number of halogens is 1. The van der Waals surface area contributed by atoms with Gasteiger partial charge in [-0.15, -0.1) is 0 Å². The van der Waals surface area contributed by atoms with E-state index in [-0.39, 0.29) is 0 Å². The van der Waals surface area contributed by atoms with Gasteiger partial charge in [-0.3, -0.25) is 0 Å². The maximum atomic E-state index is 5.42. The summed E-state index contributed by atoms with van der Waals surface area (Å²) in [6.07, 6.45) is 5.90. The predicted molar refractivity (Wildman–Crippen MR) is 40.3 cm³/mol. The van der Waals surface area contributed by atoms with Crippen LogP contribution in [0, 0.1) is 0 Å². The Kier molecular flexibility index (Phi) is 7.47. The van der Waals surface area contributed by atoms with Crippen molar-refractivity contribution in [3.05, 3.63) is 11.8 Å². The van der Waals surface area contributed by atoms with Crippen molar-refractivity contribution < 1.29 is 0 Å². The summed E-state index contributed by atoms with van der Waals surface area (Å²) >= 11 is 5.42. The van der Waals surface area contributed by atoms with Gasteiger partial charge in [0.2, 0.25) is 8.83 Å². The van der Waals surface area contributed by atoms with Gasteiger partial charge in [-0.1, -0.05) is 31.5 Å². The van der Waals surface area contributed by atoms with Crippen molar-refractivity contribution in [1.82, 2.24) is 0 Å². The Labute approximate surface area is 58.5 Å². The zero-order valence-corrected chi connectivity index (χ0v) is 6.91. The number of hydrogen-bond donors (Lipinski definition) is 0. The maximum absolute atomic E-state index is 5.42. The largest absolute Gasteiger partial charge is 0.202 e. The summed E-state index contributed by atoms with van der Waals surface area (Å²) in [5.74, 6) is 0. The van der Waals surface area contributed by atoms with Gasteiger partial charge in [0, 0.05) is 0 Å². The van der Waals surface area contributed by atoms with Crippen LogP contribution < -0.4 is 0 Å². The summed E-state index contributed by atoms with van der Waals surface area (Å²) in [5, 5.41) is 0. The number of rotatable bonds is 4. The van der Waals surface area contributed by atoms with Crippen molar-refractivity contribution in [3.63, 3.8) is 0 Å². The SMILES string of the molecule is CCCC/C=C/[Si]Cl. The van der Waals surface area contributed by atoms with Crippen molar-refractivity contribution in [1.29, 1.82) is 0 Å². The van der Waals surface area contributed by atoms with Gasteiger partial charge in [-0.25, -0.2) is 0 Å². The van der Waals surface area contributed by atoms with Gasteiger partial charge >= 0.3 is 0 Å². The van der Waals surface area contributed by atoms with Crippen LogP contribution in [0.25, 0.3) is 0 Å². The highest BCUT2D eigenvalue weighted by atomic mass is 35.6. The van der Waals surface area contributed by atoms with Crippen LogP contribution in [0.1, 0.15) is 26.2 Å². The zero-order valence-electron chi connectivity index (χ0n) is 5.15. The van der Waals surface area contributed by atoms with Crippen LogP contribution in [0.3, 0.4) is 0 Å². The molecule has 0 aliphatic rings. The smallest absolute Gasteiger partial charge is 0.165 e. The van der Waals surface area contributed by atoms with E-state index in [1.54, 1.807) is 0 Å². The Bertz CT molecular complexity index is 61.5. The molecule has 0 aliphatic carbocycles. The predicted octanol–water partition coefficient (Wildman–Crippen LogP) is 2.55. The molecule has 0 aromatic heterocycles. The summed E-state index contributed by atoms with van der Waals surface area (Å²) in [6.45, 7) is 2.19. The van der Waals surface area contributed by atoms with Crippen molar-refractivity contribution in [3.8, 4) is 0 Å². The van der Waals surface area contributed by atoms with Gasteiger partial charge < -0.3 is 0 Å². The Morgan fingerprint density at radius 2 is 2.38 bits per heavy atom. The molecule has 0 aliphatic heterocycles. The van der Waals surface area contributed by atoms with Crippen molar-refractivity contribution in [2.24, 2.45) is 0 Å². The van der Waals surface area contributed by atoms with Crippen LogP contribution in [0.2, 0.25) is 0 Å². The normalized spacial score (nSPS) is 10.8. The Morgan fingerprint density at radius 3 is 2.88 bits per heavy atom. The van der Waals surface area contributed by atoms with E-state index in [1.807, 2.05) is 5.70 Å². The van der Waals surface area contributed by atoms with E-state index in [4.69, 9.17) is 11.1 Å². The molecule has 2 heteroatoms. The van der Waals surface area contributed by atoms with E-state index in [2.05, 4.69) is 13.0 Å². The van der Waals surface area contributed by atoms with Gasteiger partial charge in [-0.05, 0) is 6.42 Å². The minimum atomic E-state index is 0.461. The molecule has 0 aromatic carbocycles. The molecule has 0 heterocycles. The van der Waals surface area contributed by atoms with Crippen molar-refractivity contribution in [2.45, 2.75) is 26.2 Å². The van der Waals surface area contributed by atoms with Crippen LogP contribution >= 0.6 is 11.1 Å². The summed E-state index contributed by atoms with van der Waals surface area (Å²) < 4.78 is 0. The Morgan fingerprint density at radius 1 is 1.62 bits per heavy atom. The minimum Gasteiger partial charge on any atom is -0.165 e. The third-order valence-corrected chi connectivity index (χ3v) is 1.64. The van der Waals surface area contributed by atoms with Gasteiger partial charge in [0.05, 0.1) is 0 Å². The van der Waals surface area contributed by atoms with Gasteiger partial charge in [0.25, 0.3) is 0 Å². The lowest BCUT2D eigenvalue weighted by Gasteiger charge is -1.84. The molecule has 0 bridgehead atoms. The first kappa shape index (κ1) is 8.25. The lowest BCUT2D eigenvalue weighted by molar-refractivity contribution is 0.815. The summed E-state index contributed by atoms with van der Waals surface area (Å²) in [6, 6.07) is 0. The highest BCUT2D eigenvalue weighted by Gasteiger charge is 1.76. The third-order valence-electron chi connectivity index (χ3n) is 0.905. The van der Waals surface area contributed by atoms with E-state index in [0.29, 0.717) is 8.83 Å². The summed E-state index contributed by atoms with van der Waals surface area (Å²) in [4.78, 5) is 0. The molecule has 0 spiro atoms. The Balaban J connectivity index is 2.80. The quantitative estimate of drug-likeness (QED) is 0.325. The second-order valence-electron chi connectivity index (χ2n) is 1.65. The summed E-state index contributed by atoms with van der Waals surface area (Å²) in [7, 11) is 0.461. The second kappa shape index (κ2) is 7.25. The van der Waals surface area contributed by atoms with E-state index in [0.717, 1.165) is 0 Å². The molecule has 0 atom stereocenters. The lowest BCUT2D eigenvalue weighted by Crippen LogP contribution is -1.69. The average molecular weight is 147 g/mol. The minimum absolute atomic E-state index is 0.461. The fourth-order valence-corrected chi connectivity index (χ4v) is 0.973. The standard InChI is InChI=1S/C6H11ClSi/c1-2-3-4-5-6-8-7/h5-6H,2-4H2,1H3/b6-5+. The highest BCUT2D eigenvalue weighted by molar-refractivity contribution is 6.96. The molecular formula is C6H11ClSi. The fraction of sp³-hybridized carbons (Fsp3) is 0.667. The monoisotopic (exact) mass is 146 g/mol. The molecule has 0 amide bonds. The number of allylic oxidation sites excluding steroid dienone is 1. The van der Waals surface area contributed by atoms with Crippen molar-refractivity contribution in [2.75, 3.05) is 0 Å². The van der Waals surface area contributed by atoms with Crippen LogP contribution in [-0.2, 0) is 0 Å². The molecule has 8 heavy (non-hydrogen) atoms. The highest BCUT2D eigenvalue weighted by Crippen LogP contribution is 1.93. The van der Waals surface area contributed by atoms with E-state index in [1.165, 1.54) is 19.3 Å². The maximum Gasteiger partial charge on any atom is 0.202 e. The second-order valence-corrected chi connectivity index (χ2v) is 2.86. The molecule has 46 valence electrons. The average Bonchev–Trinajstić information content (AvgIpc) is 1.81. The number of unbranched alkanes of at least 4 members (excludes halogenated alkanes) is 2. The Hall–Kier alpha value is 0.247. The molecule has 0 unspecified atom stereocenters. The molecule has 0 N–H and O–H groups in total. The van der Waals surface area contributed by atoms with Crippen LogP contribution in [0.15, 0.2) is 11.8 Å². The van der Waals surface area contributed by atoms with Crippen molar-refractivity contribution >= 4 is 19.9 Å². The van der Waals surface area contributed by atoms with Crippen LogP contribution in [-0.4, -0.2) is 8.83 Å². The van der Waals surface area contributed by atoms with Crippen LogP contribution in [0.4, 0.5) is 0 Å². The van der Waals surface area contributed by atoms with E-state index >= 15 is 0 Å². The molecule has 2 radical (unpaired) electrons. The first-order chi connectivity index (χ1) is 3.91. The van der Waals surface area contributed by atoms with Gasteiger partial charge in [-0.2, -0.15) is 11.1 Å². The zero-order chi connectivity index (χ0) is 6.24. The third kappa shape index (κ3) is 6.25. The van der Waals surface area contributed by atoms with E-state index in [9.17, 15) is 0 Å². The van der Waals surface area contributed by atoms with Gasteiger partial charge in [0.1, 0.15) is 0 Å². The molecule has 0 nitrogen and oxygen atoms in total. The first-order valence-corrected chi connectivity index (χ1v) is 5.02. The molecule has 0 saturated carbocycles. The molecule has 0 saturated heterocycles. The van der Waals surface area contributed by atoms with Gasteiger partial charge in [0.15, 0.2) is 0 Å².